The van der Waals surface area contributed by atoms with Crippen LogP contribution in [-0.2, 0) is 16.0 Å². The predicted molar refractivity (Wildman–Crippen MR) is 128 cm³/mol. The van der Waals surface area contributed by atoms with E-state index in [4.69, 9.17) is 4.74 Å². The van der Waals surface area contributed by atoms with Gasteiger partial charge >= 0.3 is 11.9 Å². The van der Waals surface area contributed by atoms with Gasteiger partial charge in [-0.15, -0.1) is 10.2 Å². The molecule has 2 unspecified atom stereocenters. The number of aromatic carboxylic acids is 1. The van der Waals surface area contributed by atoms with Gasteiger partial charge in [-0.3, -0.25) is 4.79 Å². The van der Waals surface area contributed by atoms with Crippen LogP contribution in [0.2, 0.25) is 0 Å². The van der Waals surface area contributed by atoms with Gasteiger partial charge in [0.25, 0.3) is 5.91 Å². The molecule has 0 fully saturated rings. The van der Waals surface area contributed by atoms with Crippen LogP contribution >= 0.6 is 0 Å². The van der Waals surface area contributed by atoms with Crippen molar-refractivity contribution < 1.29 is 29.3 Å². The van der Waals surface area contributed by atoms with Crippen molar-refractivity contribution in [2.45, 2.75) is 38.3 Å². The number of hydrogen-bond acceptors (Lipinski definition) is 7. The van der Waals surface area contributed by atoms with Crippen molar-refractivity contribution in [1.82, 2.24) is 15.5 Å². The first-order valence-corrected chi connectivity index (χ1v) is 11.3. The zero-order valence-electron chi connectivity index (χ0n) is 19.3. The Kier molecular flexibility index (Phi) is 9.02. The summed E-state index contributed by atoms with van der Waals surface area (Å²) in [6.07, 6.45) is 0.111. The van der Waals surface area contributed by atoms with E-state index in [2.05, 4.69) is 15.5 Å². The largest absolute Gasteiger partial charge is 0.478 e. The number of carboxylic acids is 1. The minimum absolute atomic E-state index is 0.0498. The number of aromatic nitrogens is 2. The molecule has 0 aliphatic rings. The minimum Gasteiger partial charge on any atom is -0.478 e. The summed E-state index contributed by atoms with van der Waals surface area (Å²) in [5, 5.41) is 30.6. The number of rotatable bonds is 11. The van der Waals surface area contributed by atoms with Gasteiger partial charge in [-0.1, -0.05) is 61.9 Å². The second kappa shape index (κ2) is 12.4. The third-order valence-electron chi connectivity index (χ3n) is 5.31. The molecule has 0 aliphatic heterocycles. The molecule has 2 atom stereocenters. The van der Waals surface area contributed by atoms with Gasteiger partial charge in [0.05, 0.1) is 23.9 Å². The smallest absolute Gasteiger partial charge is 0.337 e. The first-order valence-electron chi connectivity index (χ1n) is 11.3. The van der Waals surface area contributed by atoms with Gasteiger partial charge in [-0.25, -0.2) is 9.59 Å². The third kappa shape index (κ3) is 6.94. The van der Waals surface area contributed by atoms with Crippen LogP contribution in [0.5, 0.6) is 0 Å². The van der Waals surface area contributed by atoms with Crippen LogP contribution in [0.15, 0.2) is 66.7 Å². The van der Waals surface area contributed by atoms with Crippen molar-refractivity contribution >= 4 is 17.8 Å². The number of carboxylic acid groups (broad SMARTS) is 1. The van der Waals surface area contributed by atoms with Crippen molar-refractivity contribution in [3.63, 3.8) is 0 Å². The first-order chi connectivity index (χ1) is 16.9. The molecule has 1 aromatic heterocycles. The molecule has 0 bridgehead atoms. The molecule has 2 aromatic carbocycles. The molecule has 182 valence electrons. The second-order valence-corrected chi connectivity index (χ2v) is 7.89. The normalized spacial score (nSPS) is 12.4. The Balaban J connectivity index is 1.77. The Morgan fingerprint density at radius 2 is 1.69 bits per heavy atom. The van der Waals surface area contributed by atoms with E-state index in [9.17, 15) is 24.6 Å². The number of aliphatic hydroxyl groups is 1. The molecule has 1 amide bonds. The summed E-state index contributed by atoms with van der Waals surface area (Å²) < 4.78 is 5.13. The lowest BCUT2D eigenvalue weighted by molar-refractivity contribution is -0.155. The van der Waals surface area contributed by atoms with Gasteiger partial charge in [0, 0.05) is 5.56 Å². The molecule has 3 aromatic rings. The lowest BCUT2D eigenvalue weighted by Crippen LogP contribution is -2.49. The van der Waals surface area contributed by atoms with Crippen molar-refractivity contribution in [1.29, 1.82) is 0 Å². The zero-order valence-corrected chi connectivity index (χ0v) is 19.3. The van der Waals surface area contributed by atoms with Gasteiger partial charge in [-0.05, 0) is 36.6 Å². The Bertz CT molecular complexity index is 1150. The molecule has 0 saturated carbocycles. The third-order valence-corrected chi connectivity index (χ3v) is 5.31. The number of ether oxygens (including phenoxy) is 1. The lowest BCUT2D eigenvalue weighted by Gasteiger charge is -2.23. The monoisotopic (exact) mass is 477 g/mol. The summed E-state index contributed by atoms with van der Waals surface area (Å²) in [7, 11) is 0. The van der Waals surface area contributed by atoms with Crippen molar-refractivity contribution in [2.24, 2.45) is 0 Å². The van der Waals surface area contributed by atoms with Crippen molar-refractivity contribution in [2.75, 3.05) is 6.61 Å². The van der Waals surface area contributed by atoms with Gasteiger partial charge in [0.15, 0.2) is 11.8 Å². The molecule has 0 radical (unpaired) electrons. The first kappa shape index (κ1) is 25.5. The Hall–Kier alpha value is -4.11. The molecule has 0 spiro atoms. The molecule has 0 saturated heterocycles. The molecule has 3 rings (SSSR count). The quantitative estimate of drug-likeness (QED) is 0.283. The van der Waals surface area contributed by atoms with Gasteiger partial charge in [-0.2, -0.15) is 0 Å². The Labute approximate surface area is 202 Å². The maximum absolute atomic E-state index is 12.9. The van der Waals surface area contributed by atoms with E-state index in [0.717, 1.165) is 12.0 Å². The van der Waals surface area contributed by atoms with Crippen LogP contribution in [0.25, 0.3) is 11.3 Å². The van der Waals surface area contributed by atoms with E-state index < -0.39 is 30.0 Å². The summed E-state index contributed by atoms with van der Waals surface area (Å²) >= 11 is 0. The summed E-state index contributed by atoms with van der Waals surface area (Å²) in [4.78, 5) is 36.7. The molecule has 0 aliphatic carbocycles. The average molecular weight is 478 g/mol. The number of amides is 1. The second-order valence-electron chi connectivity index (χ2n) is 7.89. The molecule has 3 N–H and O–H groups in total. The fourth-order valence-electron chi connectivity index (χ4n) is 3.41. The average Bonchev–Trinajstić information content (AvgIpc) is 2.88. The number of carbonyl (C=O) groups is 3. The Morgan fingerprint density at radius 3 is 2.34 bits per heavy atom. The van der Waals surface area contributed by atoms with Gasteiger partial charge in [0.2, 0.25) is 0 Å². The van der Waals surface area contributed by atoms with Crippen LogP contribution < -0.4 is 5.32 Å². The van der Waals surface area contributed by atoms with Crippen LogP contribution in [0, 0.1) is 0 Å². The fourth-order valence-corrected chi connectivity index (χ4v) is 3.41. The van der Waals surface area contributed by atoms with E-state index in [1.165, 1.54) is 18.2 Å². The van der Waals surface area contributed by atoms with Crippen LogP contribution in [-0.4, -0.2) is 57.0 Å². The number of aliphatic hydroxyl groups excluding tert-OH is 1. The van der Waals surface area contributed by atoms with Crippen LogP contribution in [0.4, 0.5) is 0 Å². The zero-order chi connectivity index (χ0) is 25.2. The maximum atomic E-state index is 12.9. The van der Waals surface area contributed by atoms with E-state index in [1.807, 2.05) is 37.3 Å². The molecule has 9 heteroatoms. The Morgan fingerprint density at radius 1 is 0.971 bits per heavy atom. The maximum Gasteiger partial charge on any atom is 0.337 e. The van der Waals surface area contributed by atoms with Crippen molar-refractivity contribution in [3.05, 3.63) is 83.6 Å². The summed E-state index contributed by atoms with van der Waals surface area (Å²) in [5.74, 6) is -2.56. The number of benzene rings is 2. The van der Waals surface area contributed by atoms with E-state index in [1.54, 1.807) is 18.2 Å². The number of nitrogens with zero attached hydrogens (tertiary/aromatic N) is 2. The number of esters is 1. The lowest BCUT2D eigenvalue weighted by atomic mass is 10.0. The number of nitrogens with one attached hydrogen (secondary N) is 1. The number of carbonyl (C=O) groups excluding carboxylic acids is 2. The highest BCUT2D eigenvalue weighted by Gasteiger charge is 2.30. The highest BCUT2D eigenvalue weighted by atomic mass is 16.5. The minimum atomic E-state index is -1.58. The van der Waals surface area contributed by atoms with Gasteiger partial charge < -0.3 is 20.3 Å². The van der Waals surface area contributed by atoms with E-state index in [-0.39, 0.29) is 24.3 Å². The van der Waals surface area contributed by atoms with Gasteiger partial charge in [0.1, 0.15) is 0 Å². The van der Waals surface area contributed by atoms with E-state index in [0.29, 0.717) is 17.7 Å². The molecule has 1 heterocycles. The summed E-state index contributed by atoms with van der Waals surface area (Å²) in [6.45, 7) is 2.14. The number of unbranched alkanes of at least 4 members (excludes halogenated alkanes) is 1. The van der Waals surface area contributed by atoms with Crippen LogP contribution in [0.1, 0.15) is 46.2 Å². The molecular formula is C26H27N3O6. The summed E-state index contributed by atoms with van der Waals surface area (Å²) in [6, 6.07) is 17.4. The van der Waals surface area contributed by atoms with E-state index >= 15 is 0 Å². The molecule has 35 heavy (non-hydrogen) atoms. The van der Waals surface area contributed by atoms with Crippen LogP contribution in [0.3, 0.4) is 0 Å². The SMILES string of the molecule is CCCCOC(=O)C(O)C(Cc1ccccc1)NC(=O)c1ccc(-c2ccccc2C(=O)O)nn1. The number of hydrogen-bond donors (Lipinski definition) is 3. The highest BCUT2D eigenvalue weighted by Crippen LogP contribution is 2.21. The standard InChI is InChI=1S/C26H27N3O6/c1-2-3-15-35-26(34)23(30)22(16-17-9-5-4-6-10-17)27-24(31)21-14-13-20(28-29-21)18-11-7-8-12-19(18)25(32)33/h4-14,22-23,30H,2-3,15-16H2,1H3,(H,27,31)(H,32,33). The summed E-state index contributed by atoms with van der Waals surface area (Å²) in [5.41, 5.74) is 1.48. The highest BCUT2D eigenvalue weighted by molar-refractivity contribution is 5.96. The predicted octanol–water partition coefficient (Wildman–Crippen LogP) is 2.89. The molecular weight excluding hydrogens is 450 g/mol. The molecule has 9 nitrogen and oxygen atoms in total. The topological polar surface area (TPSA) is 139 Å². The fraction of sp³-hybridized carbons (Fsp3) is 0.269. The van der Waals surface area contributed by atoms with Crippen molar-refractivity contribution in [3.8, 4) is 11.3 Å².